The summed E-state index contributed by atoms with van der Waals surface area (Å²) >= 11 is 18.5. The molecule has 6 heteroatoms. The van der Waals surface area contributed by atoms with Gasteiger partial charge in [0.2, 0.25) is 0 Å². The minimum Gasteiger partial charge on any atom is -0.374 e. The van der Waals surface area contributed by atoms with Crippen LogP contribution in [0.1, 0.15) is 18.9 Å². The van der Waals surface area contributed by atoms with E-state index in [1.807, 2.05) is 25.1 Å². The lowest BCUT2D eigenvalue weighted by Gasteiger charge is -2.12. The largest absolute Gasteiger partial charge is 0.374 e. The van der Waals surface area contributed by atoms with E-state index in [1.165, 1.54) is 0 Å². The molecule has 0 aliphatic rings. The van der Waals surface area contributed by atoms with Crippen LogP contribution >= 0.6 is 34.8 Å². The summed E-state index contributed by atoms with van der Waals surface area (Å²) in [5.74, 6) is 0.438. The zero-order valence-electron chi connectivity index (χ0n) is 10.3. The molecule has 0 aliphatic heterocycles. The second-order valence-corrected chi connectivity index (χ2v) is 5.02. The molecule has 1 aromatic carbocycles. The van der Waals surface area contributed by atoms with Gasteiger partial charge in [0.15, 0.2) is 5.82 Å². The Bertz CT molecular complexity index is 581. The van der Waals surface area contributed by atoms with Crippen LogP contribution in [0.2, 0.25) is 15.3 Å². The summed E-state index contributed by atoms with van der Waals surface area (Å²) in [6, 6.07) is 7.25. The number of benzene rings is 1. The fraction of sp³-hybridized carbons (Fsp3) is 0.231. The fourth-order valence-corrected chi connectivity index (χ4v) is 2.43. The molecule has 2 aromatic rings. The zero-order valence-corrected chi connectivity index (χ0v) is 12.6. The second kappa shape index (κ2) is 6.06. The molecular weight excluding hydrogens is 307 g/mol. The average Bonchev–Trinajstić information content (AvgIpc) is 2.39. The lowest BCUT2D eigenvalue weighted by atomic mass is 10.1. The van der Waals surface area contributed by atoms with Gasteiger partial charge < -0.3 is 4.74 Å². The quantitative estimate of drug-likeness (QED) is 0.762. The number of hydrogen-bond acceptors (Lipinski definition) is 3. The Morgan fingerprint density at radius 3 is 2.16 bits per heavy atom. The first kappa shape index (κ1) is 14.5. The highest BCUT2D eigenvalue weighted by Crippen LogP contribution is 2.37. The van der Waals surface area contributed by atoms with Crippen molar-refractivity contribution >= 4 is 34.8 Å². The lowest BCUT2D eigenvalue weighted by molar-refractivity contribution is 0.112. The van der Waals surface area contributed by atoms with Crippen LogP contribution in [0.25, 0.3) is 11.1 Å². The van der Waals surface area contributed by atoms with Crippen molar-refractivity contribution in [3.8, 4) is 11.1 Å². The molecule has 0 spiro atoms. The number of halogens is 3. The van der Waals surface area contributed by atoms with Crippen molar-refractivity contribution < 1.29 is 4.74 Å². The van der Waals surface area contributed by atoms with Crippen molar-refractivity contribution in [2.75, 3.05) is 7.11 Å². The van der Waals surface area contributed by atoms with Crippen LogP contribution in [0, 0.1) is 0 Å². The third kappa shape index (κ3) is 3.00. The summed E-state index contributed by atoms with van der Waals surface area (Å²) in [4.78, 5) is 8.42. The van der Waals surface area contributed by atoms with Crippen LogP contribution in [0.5, 0.6) is 0 Å². The maximum absolute atomic E-state index is 6.19. The van der Waals surface area contributed by atoms with Gasteiger partial charge in [-0.25, -0.2) is 9.97 Å². The van der Waals surface area contributed by atoms with E-state index in [0.29, 0.717) is 22.0 Å². The Labute approximate surface area is 126 Å². The number of aromatic nitrogens is 2. The van der Waals surface area contributed by atoms with E-state index < -0.39 is 0 Å². The van der Waals surface area contributed by atoms with Gasteiger partial charge in [0, 0.05) is 17.7 Å². The molecular formula is C13H11Cl3N2O. The van der Waals surface area contributed by atoms with Crippen molar-refractivity contribution in [2.45, 2.75) is 13.0 Å². The number of hydrogen-bond donors (Lipinski definition) is 0. The standard InChI is InChI=1S/C13H11Cl3N2O/c1-7(19-2)13-17-11(15)10(12(16)18-13)8-5-3-4-6-9(8)14/h3-7H,1-2H3. The van der Waals surface area contributed by atoms with Crippen molar-refractivity contribution in [3.63, 3.8) is 0 Å². The van der Waals surface area contributed by atoms with Gasteiger partial charge in [-0.05, 0) is 13.0 Å². The first-order valence-corrected chi connectivity index (χ1v) is 6.68. The van der Waals surface area contributed by atoms with Gasteiger partial charge in [0.25, 0.3) is 0 Å². The summed E-state index contributed by atoms with van der Waals surface area (Å²) in [6.07, 6.45) is -0.282. The van der Waals surface area contributed by atoms with Crippen LogP contribution in [0.15, 0.2) is 24.3 Å². The van der Waals surface area contributed by atoms with E-state index in [0.717, 1.165) is 0 Å². The molecule has 0 saturated heterocycles. The third-order valence-electron chi connectivity index (χ3n) is 2.70. The molecule has 0 N–H and O–H groups in total. The summed E-state index contributed by atoms with van der Waals surface area (Å²) in [5.41, 5.74) is 1.23. The van der Waals surface area contributed by atoms with Crippen LogP contribution < -0.4 is 0 Å². The molecule has 0 aliphatic carbocycles. The molecule has 1 heterocycles. The first-order valence-electron chi connectivity index (χ1n) is 5.55. The third-order valence-corrected chi connectivity index (χ3v) is 3.57. The normalized spacial score (nSPS) is 12.5. The van der Waals surface area contributed by atoms with Gasteiger partial charge in [-0.3, -0.25) is 0 Å². The molecule has 19 heavy (non-hydrogen) atoms. The summed E-state index contributed by atoms with van der Waals surface area (Å²) in [5, 5.41) is 1.06. The summed E-state index contributed by atoms with van der Waals surface area (Å²) in [6.45, 7) is 1.82. The molecule has 1 unspecified atom stereocenters. The van der Waals surface area contributed by atoms with E-state index in [9.17, 15) is 0 Å². The monoisotopic (exact) mass is 316 g/mol. The Kier molecular flexibility index (Phi) is 4.63. The molecule has 1 atom stereocenters. The highest BCUT2D eigenvalue weighted by atomic mass is 35.5. The van der Waals surface area contributed by atoms with Crippen molar-refractivity contribution in [2.24, 2.45) is 0 Å². The predicted octanol–water partition coefficient (Wildman–Crippen LogP) is 4.81. The van der Waals surface area contributed by atoms with Crippen LogP contribution in [-0.4, -0.2) is 17.1 Å². The van der Waals surface area contributed by atoms with Gasteiger partial charge in [-0.1, -0.05) is 53.0 Å². The maximum Gasteiger partial charge on any atom is 0.160 e. The summed E-state index contributed by atoms with van der Waals surface area (Å²) in [7, 11) is 1.57. The maximum atomic E-state index is 6.19. The van der Waals surface area contributed by atoms with E-state index in [2.05, 4.69) is 9.97 Å². The molecule has 0 radical (unpaired) electrons. The van der Waals surface area contributed by atoms with Crippen LogP contribution in [0.4, 0.5) is 0 Å². The number of rotatable bonds is 3. The van der Waals surface area contributed by atoms with Gasteiger partial charge in [0.1, 0.15) is 16.4 Å². The van der Waals surface area contributed by atoms with E-state index in [1.54, 1.807) is 13.2 Å². The van der Waals surface area contributed by atoms with Gasteiger partial charge in [-0.15, -0.1) is 0 Å². The average molecular weight is 318 g/mol. The fourth-order valence-electron chi connectivity index (χ4n) is 1.60. The van der Waals surface area contributed by atoms with Gasteiger partial charge >= 0.3 is 0 Å². The summed E-state index contributed by atoms with van der Waals surface area (Å²) < 4.78 is 5.15. The Morgan fingerprint density at radius 2 is 1.63 bits per heavy atom. The molecule has 1 aromatic heterocycles. The number of methoxy groups -OCH3 is 1. The minimum absolute atomic E-state index is 0.256. The lowest BCUT2D eigenvalue weighted by Crippen LogP contribution is -2.04. The SMILES string of the molecule is COC(C)c1nc(Cl)c(-c2ccccc2Cl)c(Cl)n1. The smallest absolute Gasteiger partial charge is 0.160 e. The van der Waals surface area contributed by atoms with Crippen molar-refractivity contribution in [3.05, 3.63) is 45.4 Å². The Morgan fingerprint density at radius 1 is 1.05 bits per heavy atom. The van der Waals surface area contributed by atoms with E-state index >= 15 is 0 Å². The highest BCUT2D eigenvalue weighted by molar-refractivity contribution is 6.40. The first-order chi connectivity index (χ1) is 9.04. The van der Waals surface area contributed by atoms with E-state index in [-0.39, 0.29) is 16.4 Å². The number of ether oxygens (including phenoxy) is 1. The van der Waals surface area contributed by atoms with Crippen LogP contribution in [0.3, 0.4) is 0 Å². The molecule has 0 saturated carbocycles. The second-order valence-electron chi connectivity index (χ2n) is 3.90. The van der Waals surface area contributed by atoms with Gasteiger partial charge in [0.05, 0.1) is 5.56 Å². The highest BCUT2D eigenvalue weighted by Gasteiger charge is 2.18. The van der Waals surface area contributed by atoms with Crippen LogP contribution in [-0.2, 0) is 4.74 Å². The van der Waals surface area contributed by atoms with Crippen molar-refractivity contribution in [1.29, 1.82) is 0 Å². The van der Waals surface area contributed by atoms with E-state index in [4.69, 9.17) is 39.5 Å². The molecule has 100 valence electrons. The Hall–Kier alpha value is -0.870. The number of nitrogens with zero attached hydrogens (tertiary/aromatic N) is 2. The molecule has 0 fully saturated rings. The minimum atomic E-state index is -0.282. The molecule has 0 bridgehead atoms. The van der Waals surface area contributed by atoms with Gasteiger partial charge in [-0.2, -0.15) is 0 Å². The topological polar surface area (TPSA) is 35.0 Å². The molecule has 0 amide bonds. The predicted molar refractivity (Wildman–Crippen MR) is 77.9 cm³/mol. The van der Waals surface area contributed by atoms with Crippen molar-refractivity contribution in [1.82, 2.24) is 9.97 Å². The molecule has 2 rings (SSSR count). The Balaban J connectivity index is 2.58. The molecule has 3 nitrogen and oxygen atoms in total. The zero-order chi connectivity index (χ0) is 14.0.